The summed E-state index contributed by atoms with van der Waals surface area (Å²) in [6.07, 6.45) is 0. The Morgan fingerprint density at radius 1 is 1.43 bits per heavy atom. The molecule has 1 fully saturated rings. The molecule has 0 radical (unpaired) electrons. The third kappa shape index (κ3) is 1.51. The molecule has 4 heteroatoms. The van der Waals surface area contributed by atoms with Gasteiger partial charge in [-0.3, -0.25) is 0 Å². The first-order chi connectivity index (χ1) is 6.70. The molecule has 2 atom stereocenters. The fraction of sp³-hybridized carbons (Fsp3) is 0.400. The molecule has 1 aliphatic rings. The molecule has 1 N–H and O–H groups in total. The minimum Gasteiger partial charge on any atom is -0.301 e. The van der Waals surface area contributed by atoms with Crippen LogP contribution in [0.1, 0.15) is 18.5 Å². The third-order valence-corrected chi connectivity index (χ3v) is 2.44. The first-order valence-corrected chi connectivity index (χ1v) is 4.51. The van der Waals surface area contributed by atoms with Gasteiger partial charge in [-0.25, -0.2) is 8.78 Å². The van der Waals surface area contributed by atoms with E-state index in [9.17, 15) is 8.78 Å². The zero-order valence-electron chi connectivity index (χ0n) is 7.76. The standard InChI is InChI=1S/C10H11F2NO/c1-6-5-14-13-10(6)7-3-2-4-8(11)9(7)12/h2-4,6,10,13H,5H2,1H3/t6-,10?/m0/s1. The lowest BCUT2D eigenvalue weighted by molar-refractivity contribution is 0.0859. The quantitative estimate of drug-likeness (QED) is 0.748. The van der Waals surface area contributed by atoms with Crippen LogP contribution in [0.3, 0.4) is 0 Å². The van der Waals surface area contributed by atoms with Gasteiger partial charge in [-0.2, -0.15) is 5.48 Å². The Labute approximate surface area is 80.8 Å². The Balaban J connectivity index is 2.36. The molecule has 1 heterocycles. The highest BCUT2D eigenvalue weighted by atomic mass is 19.2. The van der Waals surface area contributed by atoms with Crippen LogP contribution in [0.25, 0.3) is 0 Å². The maximum absolute atomic E-state index is 13.4. The predicted molar refractivity (Wildman–Crippen MR) is 47.4 cm³/mol. The van der Waals surface area contributed by atoms with Gasteiger partial charge in [-0.05, 0) is 6.07 Å². The summed E-state index contributed by atoms with van der Waals surface area (Å²) in [5.74, 6) is -1.46. The molecule has 76 valence electrons. The van der Waals surface area contributed by atoms with E-state index in [-0.39, 0.29) is 12.0 Å². The first-order valence-electron chi connectivity index (χ1n) is 4.51. The summed E-state index contributed by atoms with van der Waals surface area (Å²) in [5, 5.41) is 0. The van der Waals surface area contributed by atoms with E-state index in [1.165, 1.54) is 6.07 Å². The minimum absolute atomic E-state index is 0.145. The second kappa shape index (κ2) is 3.63. The number of benzene rings is 1. The van der Waals surface area contributed by atoms with Crippen molar-refractivity contribution in [3.63, 3.8) is 0 Å². The topological polar surface area (TPSA) is 21.3 Å². The number of hydrogen-bond acceptors (Lipinski definition) is 2. The van der Waals surface area contributed by atoms with Gasteiger partial charge < -0.3 is 4.84 Å². The molecule has 1 aromatic rings. The van der Waals surface area contributed by atoms with Crippen molar-refractivity contribution in [3.05, 3.63) is 35.4 Å². The fourth-order valence-electron chi connectivity index (χ4n) is 1.61. The summed E-state index contributed by atoms with van der Waals surface area (Å²) in [7, 11) is 0. The monoisotopic (exact) mass is 199 g/mol. The molecule has 0 saturated carbocycles. The summed E-state index contributed by atoms with van der Waals surface area (Å²) in [6.45, 7) is 2.44. The van der Waals surface area contributed by atoms with Crippen LogP contribution in [-0.4, -0.2) is 6.61 Å². The van der Waals surface area contributed by atoms with Crippen molar-refractivity contribution in [2.45, 2.75) is 13.0 Å². The average molecular weight is 199 g/mol. The lowest BCUT2D eigenvalue weighted by Crippen LogP contribution is -2.17. The van der Waals surface area contributed by atoms with Crippen molar-refractivity contribution >= 4 is 0 Å². The van der Waals surface area contributed by atoms with Gasteiger partial charge in [0, 0.05) is 11.5 Å². The Morgan fingerprint density at radius 2 is 2.21 bits per heavy atom. The van der Waals surface area contributed by atoms with E-state index in [4.69, 9.17) is 4.84 Å². The Bertz CT molecular complexity index is 343. The highest BCUT2D eigenvalue weighted by Gasteiger charge is 2.28. The second-order valence-electron chi connectivity index (χ2n) is 3.53. The molecule has 14 heavy (non-hydrogen) atoms. The zero-order valence-corrected chi connectivity index (χ0v) is 7.76. The Kier molecular flexibility index (Phi) is 2.48. The summed E-state index contributed by atoms with van der Waals surface area (Å²) in [6, 6.07) is 3.92. The van der Waals surface area contributed by atoms with E-state index in [0.29, 0.717) is 12.2 Å². The molecule has 1 aliphatic heterocycles. The van der Waals surface area contributed by atoms with Gasteiger partial charge in [0.25, 0.3) is 0 Å². The van der Waals surface area contributed by atoms with Crippen molar-refractivity contribution in [2.24, 2.45) is 5.92 Å². The lowest BCUT2D eigenvalue weighted by atomic mass is 9.96. The molecule has 0 amide bonds. The SMILES string of the molecule is C[C@H]1CONC1c1cccc(F)c1F. The van der Waals surface area contributed by atoms with Gasteiger partial charge in [-0.1, -0.05) is 19.1 Å². The van der Waals surface area contributed by atoms with Crippen LogP contribution in [0.2, 0.25) is 0 Å². The Hall–Kier alpha value is -1.00. The van der Waals surface area contributed by atoms with Gasteiger partial charge in [0.2, 0.25) is 0 Å². The molecular weight excluding hydrogens is 188 g/mol. The van der Waals surface area contributed by atoms with Gasteiger partial charge in [0.05, 0.1) is 12.6 Å². The fourth-order valence-corrected chi connectivity index (χ4v) is 1.61. The van der Waals surface area contributed by atoms with Gasteiger partial charge in [0.1, 0.15) is 0 Å². The maximum atomic E-state index is 13.4. The second-order valence-corrected chi connectivity index (χ2v) is 3.53. The van der Waals surface area contributed by atoms with E-state index >= 15 is 0 Å². The maximum Gasteiger partial charge on any atom is 0.163 e. The van der Waals surface area contributed by atoms with Crippen LogP contribution in [0, 0.1) is 17.6 Å². The number of hydroxylamine groups is 1. The van der Waals surface area contributed by atoms with Gasteiger partial charge in [0.15, 0.2) is 11.6 Å². The van der Waals surface area contributed by atoms with E-state index < -0.39 is 11.6 Å². The smallest absolute Gasteiger partial charge is 0.163 e. The molecule has 2 nitrogen and oxygen atoms in total. The van der Waals surface area contributed by atoms with E-state index in [0.717, 1.165) is 6.07 Å². The molecule has 2 rings (SSSR count). The largest absolute Gasteiger partial charge is 0.301 e. The number of nitrogens with one attached hydrogen (secondary N) is 1. The van der Waals surface area contributed by atoms with Crippen LogP contribution in [-0.2, 0) is 4.84 Å². The molecule has 1 saturated heterocycles. The highest BCUT2D eigenvalue weighted by Crippen LogP contribution is 2.29. The third-order valence-electron chi connectivity index (χ3n) is 2.44. The normalized spacial score (nSPS) is 26.8. The summed E-state index contributed by atoms with van der Waals surface area (Å²) in [5.41, 5.74) is 3.01. The number of hydrogen-bond donors (Lipinski definition) is 1. The van der Waals surface area contributed by atoms with Crippen molar-refractivity contribution in [3.8, 4) is 0 Å². The van der Waals surface area contributed by atoms with Gasteiger partial charge in [-0.15, -0.1) is 0 Å². The van der Waals surface area contributed by atoms with Crippen LogP contribution >= 0.6 is 0 Å². The molecule has 0 aliphatic carbocycles. The van der Waals surface area contributed by atoms with Crippen molar-refractivity contribution in [1.29, 1.82) is 0 Å². The zero-order chi connectivity index (χ0) is 10.1. The van der Waals surface area contributed by atoms with Crippen LogP contribution in [0.5, 0.6) is 0 Å². The average Bonchev–Trinajstić information content (AvgIpc) is 2.57. The first kappa shape index (κ1) is 9.55. The lowest BCUT2D eigenvalue weighted by Gasteiger charge is -2.14. The minimum atomic E-state index is -0.816. The van der Waals surface area contributed by atoms with E-state index in [1.54, 1.807) is 6.07 Å². The van der Waals surface area contributed by atoms with Crippen molar-refractivity contribution < 1.29 is 13.6 Å². The highest BCUT2D eigenvalue weighted by molar-refractivity contribution is 5.23. The summed E-state index contributed by atoms with van der Waals surface area (Å²) in [4.78, 5) is 4.98. The van der Waals surface area contributed by atoms with Gasteiger partial charge >= 0.3 is 0 Å². The predicted octanol–water partition coefficient (Wildman–Crippen LogP) is 2.18. The van der Waals surface area contributed by atoms with Crippen LogP contribution in [0.15, 0.2) is 18.2 Å². The molecule has 0 bridgehead atoms. The van der Waals surface area contributed by atoms with Crippen LogP contribution < -0.4 is 5.48 Å². The van der Waals surface area contributed by atoms with E-state index in [2.05, 4.69) is 5.48 Å². The molecule has 1 unspecified atom stereocenters. The van der Waals surface area contributed by atoms with E-state index in [1.807, 2.05) is 6.92 Å². The Morgan fingerprint density at radius 3 is 2.86 bits per heavy atom. The molecule has 0 spiro atoms. The van der Waals surface area contributed by atoms with Crippen molar-refractivity contribution in [1.82, 2.24) is 5.48 Å². The molecule has 1 aromatic carbocycles. The summed E-state index contributed by atoms with van der Waals surface area (Å²) < 4.78 is 26.3. The van der Waals surface area contributed by atoms with Crippen molar-refractivity contribution in [2.75, 3.05) is 6.61 Å². The van der Waals surface area contributed by atoms with Crippen LogP contribution in [0.4, 0.5) is 8.78 Å². The number of halogens is 2. The molecule has 0 aromatic heterocycles. The summed E-state index contributed by atoms with van der Waals surface area (Å²) >= 11 is 0. The molecular formula is C10H11F2NO. The number of rotatable bonds is 1.